The predicted molar refractivity (Wildman–Crippen MR) is 58.5 cm³/mol. The average Bonchev–Trinajstić information content (AvgIpc) is 2.31. The van der Waals surface area contributed by atoms with Crippen LogP contribution in [-0.4, -0.2) is 25.0 Å². The van der Waals surface area contributed by atoms with Gasteiger partial charge in [-0.05, 0) is 32.0 Å². The molecule has 0 bridgehead atoms. The van der Waals surface area contributed by atoms with Gasteiger partial charge in [-0.3, -0.25) is 4.79 Å². The van der Waals surface area contributed by atoms with Crippen LogP contribution < -0.4 is 4.74 Å². The molecule has 0 aliphatic carbocycles. The van der Waals surface area contributed by atoms with Gasteiger partial charge in [0.1, 0.15) is 0 Å². The Morgan fingerprint density at radius 1 is 1.24 bits per heavy atom. The molecule has 0 aromatic heterocycles. The summed E-state index contributed by atoms with van der Waals surface area (Å²) in [5.74, 6) is -2.49. The second kappa shape index (κ2) is 5.98. The van der Waals surface area contributed by atoms with Crippen LogP contribution >= 0.6 is 0 Å². The number of ketones is 1. The van der Waals surface area contributed by atoms with Crippen LogP contribution in [0.5, 0.6) is 5.75 Å². The van der Waals surface area contributed by atoms with Crippen molar-refractivity contribution in [1.82, 2.24) is 0 Å². The van der Waals surface area contributed by atoms with Gasteiger partial charge in [0.05, 0.1) is 13.2 Å². The molecule has 0 N–H and O–H groups in total. The summed E-state index contributed by atoms with van der Waals surface area (Å²) < 4.78 is 22.9. The largest absolute Gasteiger partial charge is 0.491 e. The zero-order valence-electron chi connectivity index (χ0n) is 9.66. The van der Waals surface area contributed by atoms with E-state index in [2.05, 4.69) is 4.74 Å². The van der Waals surface area contributed by atoms with Crippen molar-refractivity contribution in [2.45, 2.75) is 13.8 Å². The van der Waals surface area contributed by atoms with Crippen molar-refractivity contribution >= 4 is 11.8 Å². The maximum absolute atomic E-state index is 13.4. The third-order valence-electron chi connectivity index (χ3n) is 1.95. The van der Waals surface area contributed by atoms with Crippen LogP contribution in [0.15, 0.2) is 18.2 Å². The molecule has 0 unspecified atom stereocenters. The van der Waals surface area contributed by atoms with Crippen molar-refractivity contribution in [3.05, 3.63) is 29.6 Å². The van der Waals surface area contributed by atoms with Crippen molar-refractivity contribution < 1.29 is 23.5 Å². The molecule has 0 atom stereocenters. The van der Waals surface area contributed by atoms with E-state index in [0.717, 1.165) is 6.07 Å². The first kappa shape index (κ1) is 13.2. The highest BCUT2D eigenvalue weighted by atomic mass is 19.1. The standard InChI is InChI=1S/C12H13FO4/c1-3-16-10-6-5-8(7-9(10)13)11(14)12(15)17-4-2/h5-7H,3-4H2,1-2H3. The van der Waals surface area contributed by atoms with Gasteiger partial charge in [0, 0.05) is 5.56 Å². The molecule has 0 aliphatic heterocycles. The molecule has 1 aromatic carbocycles. The highest BCUT2D eigenvalue weighted by Gasteiger charge is 2.19. The molecular formula is C12H13FO4. The van der Waals surface area contributed by atoms with Gasteiger partial charge < -0.3 is 9.47 Å². The fourth-order valence-electron chi connectivity index (χ4n) is 1.23. The Kier molecular flexibility index (Phi) is 4.63. The maximum Gasteiger partial charge on any atom is 0.379 e. The van der Waals surface area contributed by atoms with Gasteiger partial charge in [0.2, 0.25) is 0 Å². The monoisotopic (exact) mass is 240 g/mol. The molecule has 0 saturated heterocycles. The number of esters is 1. The lowest BCUT2D eigenvalue weighted by Gasteiger charge is -2.06. The van der Waals surface area contributed by atoms with Crippen LogP contribution in [0.1, 0.15) is 24.2 Å². The van der Waals surface area contributed by atoms with E-state index in [1.165, 1.54) is 12.1 Å². The Bertz CT molecular complexity index is 429. The Morgan fingerprint density at radius 3 is 2.47 bits per heavy atom. The van der Waals surface area contributed by atoms with E-state index in [1.807, 2.05) is 0 Å². The van der Waals surface area contributed by atoms with Crippen molar-refractivity contribution in [2.24, 2.45) is 0 Å². The van der Waals surface area contributed by atoms with E-state index < -0.39 is 17.6 Å². The van der Waals surface area contributed by atoms with Crippen LogP contribution in [0, 0.1) is 5.82 Å². The second-order valence-corrected chi connectivity index (χ2v) is 3.13. The van der Waals surface area contributed by atoms with E-state index in [1.54, 1.807) is 13.8 Å². The molecule has 0 saturated carbocycles. The molecule has 0 fully saturated rings. The molecule has 4 nitrogen and oxygen atoms in total. The van der Waals surface area contributed by atoms with E-state index in [0.29, 0.717) is 6.61 Å². The molecule has 5 heteroatoms. The first-order valence-electron chi connectivity index (χ1n) is 5.24. The summed E-state index contributed by atoms with van der Waals surface area (Å²) in [4.78, 5) is 22.6. The van der Waals surface area contributed by atoms with Crippen molar-refractivity contribution in [3.63, 3.8) is 0 Å². The van der Waals surface area contributed by atoms with Gasteiger partial charge in [0.15, 0.2) is 11.6 Å². The summed E-state index contributed by atoms with van der Waals surface area (Å²) in [5.41, 5.74) is -0.0515. The number of rotatable bonds is 5. The minimum atomic E-state index is -0.990. The smallest absolute Gasteiger partial charge is 0.379 e. The molecule has 0 heterocycles. The highest BCUT2D eigenvalue weighted by molar-refractivity contribution is 6.40. The Morgan fingerprint density at radius 2 is 1.94 bits per heavy atom. The Balaban J connectivity index is 2.89. The SMILES string of the molecule is CCOC(=O)C(=O)c1ccc(OCC)c(F)c1. The normalized spacial score (nSPS) is 9.82. The topological polar surface area (TPSA) is 52.6 Å². The van der Waals surface area contributed by atoms with Crippen LogP contribution in [0.25, 0.3) is 0 Å². The number of halogens is 1. The summed E-state index contributed by atoms with van der Waals surface area (Å²) in [6, 6.07) is 3.60. The third kappa shape index (κ3) is 3.27. The first-order valence-corrected chi connectivity index (χ1v) is 5.24. The summed E-state index contributed by atoms with van der Waals surface area (Å²) in [6.07, 6.45) is 0. The summed E-state index contributed by atoms with van der Waals surface area (Å²) in [7, 11) is 0. The minimum Gasteiger partial charge on any atom is -0.491 e. The number of carbonyl (C=O) groups is 2. The fourth-order valence-corrected chi connectivity index (χ4v) is 1.23. The van der Waals surface area contributed by atoms with Crippen molar-refractivity contribution in [3.8, 4) is 5.75 Å². The van der Waals surface area contributed by atoms with Gasteiger partial charge >= 0.3 is 5.97 Å². The molecule has 0 aliphatic rings. The first-order chi connectivity index (χ1) is 8.10. The zero-order chi connectivity index (χ0) is 12.8. The number of benzene rings is 1. The predicted octanol–water partition coefficient (Wildman–Crippen LogP) is 1.97. The lowest BCUT2D eigenvalue weighted by atomic mass is 10.1. The van der Waals surface area contributed by atoms with Crippen LogP contribution in [-0.2, 0) is 9.53 Å². The van der Waals surface area contributed by atoms with Gasteiger partial charge in [-0.1, -0.05) is 0 Å². The van der Waals surface area contributed by atoms with Crippen molar-refractivity contribution in [1.29, 1.82) is 0 Å². The molecule has 92 valence electrons. The number of hydrogen-bond acceptors (Lipinski definition) is 4. The van der Waals surface area contributed by atoms with Gasteiger partial charge in [0.25, 0.3) is 5.78 Å². The lowest BCUT2D eigenvalue weighted by molar-refractivity contribution is -0.137. The summed E-state index contributed by atoms with van der Waals surface area (Å²) >= 11 is 0. The quantitative estimate of drug-likeness (QED) is 0.448. The number of Topliss-reactive ketones (excluding diaryl/α,β-unsaturated/α-hetero) is 1. The highest BCUT2D eigenvalue weighted by Crippen LogP contribution is 2.18. The molecule has 0 radical (unpaired) electrons. The number of carbonyl (C=O) groups excluding carboxylic acids is 2. The molecule has 17 heavy (non-hydrogen) atoms. The number of ether oxygens (including phenoxy) is 2. The van der Waals surface area contributed by atoms with Gasteiger partial charge in [-0.15, -0.1) is 0 Å². The average molecular weight is 240 g/mol. The maximum atomic E-state index is 13.4. The second-order valence-electron chi connectivity index (χ2n) is 3.13. The molecule has 1 rings (SSSR count). The zero-order valence-corrected chi connectivity index (χ0v) is 9.66. The van der Waals surface area contributed by atoms with Gasteiger partial charge in [-0.2, -0.15) is 0 Å². The van der Waals surface area contributed by atoms with Crippen LogP contribution in [0.2, 0.25) is 0 Å². The van der Waals surface area contributed by atoms with Gasteiger partial charge in [-0.25, -0.2) is 9.18 Å². The molecule has 1 aromatic rings. The molecule has 0 spiro atoms. The van der Waals surface area contributed by atoms with E-state index in [9.17, 15) is 14.0 Å². The van der Waals surface area contributed by atoms with Crippen LogP contribution in [0.4, 0.5) is 4.39 Å². The minimum absolute atomic E-state index is 0.0490. The van der Waals surface area contributed by atoms with E-state index >= 15 is 0 Å². The fraction of sp³-hybridized carbons (Fsp3) is 0.333. The molecule has 0 amide bonds. The van der Waals surface area contributed by atoms with Crippen LogP contribution in [0.3, 0.4) is 0 Å². The lowest BCUT2D eigenvalue weighted by Crippen LogP contribution is -2.17. The molecular weight excluding hydrogens is 227 g/mol. The van der Waals surface area contributed by atoms with E-state index in [4.69, 9.17) is 4.74 Å². The number of hydrogen-bond donors (Lipinski definition) is 0. The summed E-state index contributed by atoms with van der Waals surface area (Å²) in [5, 5.41) is 0. The third-order valence-corrected chi connectivity index (χ3v) is 1.95. The van der Waals surface area contributed by atoms with E-state index in [-0.39, 0.29) is 17.9 Å². The van der Waals surface area contributed by atoms with Crippen molar-refractivity contribution in [2.75, 3.05) is 13.2 Å². The summed E-state index contributed by atoms with van der Waals surface area (Å²) in [6.45, 7) is 3.73. The Hall–Kier alpha value is -1.91. The Labute approximate surface area is 98.3 Å².